The van der Waals surface area contributed by atoms with Gasteiger partial charge in [0.05, 0.1) is 25.3 Å². The molecule has 0 saturated heterocycles. The minimum atomic E-state index is -0.0726. The van der Waals surface area contributed by atoms with Crippen LogP contribution in [0.25, 0.3) is 5.69 Å². The Labute approximate surface area is 140 Å². The molecule has 2 aromatic carbocycles. The summed E-state index contributed by atoms with van der Waals surface area (Å²) in [6.07, 6.45) is 3.42. The summed E-state index contributed by atoms with van der Waals surface area (Å²) in [5.74, 6) is -0.0726. The predicted molar refractivity (Wildman–Crippen MR) is 90.7 cm³/mol. The molecule has 3 aromatic rings. The van der Waals surface area contributed by atoms with Crippen molar-refractivity contribution >= 4 is 11.6 Å². The Morgan fingerprint density at radius 2 is 1.88 bits per heavy atom. The monoisotopic (exact) mass is 322 g/mol. The molecule has 0 atom stereocenters. The van der Waals surface area contributed by atoms with Gasteiger partial charge in [-0.25, -0.2) is 9.67 Å². The summed E-state index contributed by atoms with van der Waals surface area (Å²) in [7, 11) is 0. The molecule has 0 unspecified atom stereocenters. The lowest BCUT2D eigenvalue weighted by molar-refractivity contribution is -0.117. The molecule has 3 rings (SSSR count). The Balaban J connectivity index is 1.42. The van der Waals surface area contributed by atoms with Crippen LogP contribution in [0.15, 0.2) is 67.3 Å². The fraction of sp³-hybridized carbons (Fsp3) is 0.167. The number of ether oxygens (including phenoxy) is 1. The van der Waals surface area contributed by atoms with Crippen LogP contribution < -0.4 is 5.32 Å². The van der Waals surface area contributed by atoms with Crippen LogP contribution in [0.1, 0.15) is 12.0 Å². The number of hydrogen-bond donors (Lipinski definition) is 1. The second-order valence-corrected chi connectivity index (χ2v) is 5.22. The third kappa shape index (κ3) is 4.50. The molecule has 24 heavy (non-hydrogen) atoms. The van der Waals surface area contributed by atoms with Crippen LogP contribution in [-0.2, 0) is 16.1 Å². The Bertz CT molecular complexity index is 755. The van der Waals surface area contributed by atoms with Crippen molar-refractivity contribution in [3.8, 4) is 5.69 Å². The number of nitrogens with one attached hydrogen (secondary N) is 1. The zero-order valence-electron chi connectivity index (χ0n) is 13.1. The summed E-state index contributed by atoms with van der Waals surface area (Å²) >= 11 is 0. The van der Waals surface area contributed by atoms with Gasteiger partial charge in [-0.05, 0) is 29.8 Å². The Morgan fingerprint density at radius 1 is 1.08 bits per heavy atom. The Morgan fingerprint density at radius 3 is 2.58 bits per heavy atom. The molecule has 6 nitrogen and oxygen atoms in total. The zero-order valence-corrected chi connectivity index (χ0v) is 13.1. The first-order chi connectivity index (χ1) is 11.8. The van der Waals surface area contributed by atoms with Gasteiger partial charge in [-0.1, -0.05) is 30.3 Å². The molecule has 1 heterocycles. The first kappa shape index (κ1) is 15.9. The minimum absolute atomic E-state index is 0.0726. The van der Waals surface area contributed by atoms with E-state index in [4.69, 9.17) is 4.74 Å². The maximum Gasteiger partial charge on any atom is 0.226 e. The SMILES string of the molecule is O=C(CCOCc1ccccc1)Nc1ccc(-n2cncn2)cc1. The molecular formula is C18H18N4O2. The molecule has 0 aliphatic rings. The Kier molecular flexibility index (Phi) is 5.32. The largest absolute Gasteiger partial charge is 0.376 e. The molecule has 6 heteroatoms. The van der Waals surface area contributed by atoms with Crippen LogP contribution in [-0.4, -0.2) is 27.3 Å². The first-order valence-electron chi connectivity index (χ1n) is 7.68. The van der Waals surface area contributed by atoms with E-state index >= 15 is 0 Å². The zero-order chi connectivity index (χ0) is 16.6. The lowest BCUT2D eigenvalue weighted by atomic mass is 10.2. The number of carbonyl (C=O) groups excluding carboxylic acids is 1. The van der Waals surface area contributed by atoms with Gasteiger partial charge >= 0.3 is 0 Å². The number of benzene rings is 2. The summed E-state index contributed by atoms with van der Waals surface area (Å²) in [6.45, 7) is 0.901. The molecule has 0 saturated carbocycles. The molecule has 1 amide bonds. The van der Waals surface area contributed by atoms with Crippen LogP contribution in [0.5, 0.6) is 0 Å². The van der Waals surface area contributed by atoms with Crippen molar-refractivity contribution in [2.75, 3.05) is 11.9 Å². The number of aromatic nitrogens is 3. The lowest BCUT2D eigenvalue weighted by Crippen LogP contribution is -2.14. The minimum Gasteiger partial charge on any atom is -0.376 e. The highest BCUT2D eigenvalue weighted by molar-refractivity contribution is 5.90. The molecule has 0 aliphatic heterocycles. The Hall–Kier alpha value is -2.99. The van der Waals surface area contributed by atoms with Gasteiger partial charge in [-0.3, -0.25) is 4.79 Å². The number of carbonyl (C=O) groups is 1. The van der Waals surface area contributed by atoms with Crippen molar-refractivity contribution in [1.29, 1.82) is 0 Å². The lowest BCUT2D eigenvalue weighted by Gasteiger charge is -2.07. The van der Waals surface area contributed by atoms with Gasteiger partial charge < -0.3 is 10.1 Å². The maximum atomic E-state index is 11.9. The van der Waals surface area contributed by atoms with Crippen LogP contribution in [0.2, 0.25) is 0 Å². The molecule has 0 bridgehead atoms. The van der Waals surface area contributed by atoms with E-state index in [1.54, 1.807) is 11.0 Å². The van der Waals surface area contributed by atoms with Crippen molar-refractivity contribution in [2.45, 2.75) is 13.0 Å². The number of rotatable bonds is 7. The highest BCUT2D eigenvalue weighted by Crippen LogP contribution is 2.12. The second kappa shape index (κ2) is 8.03. The third-order valence-corrected chi connectivity index (χ3v) is 3.42. The van der Waals surface area contributed by atoms with E-state index in [-0.39, 0.29) is 5.91 Å². The average molecular weight is 322 g/mol. The highest BCUT2D eigenvalue weighted by Gasteiger charge is 2.03. The molecule has 1 N–H and O–H groups in total. The molecule has 122 valence electrons. The highest BCUT2D eigenvalue weighted by atomic mass is 16.5. The van der Waals surface area contributed by atoms with Gasteiger partial charge in [0.1, 0.15) is 12.7 Å². The topological polar surface area (TPSA) is 69.0 Å². The van der Waals surface area contributed by atoms with E-state index < -0.39 is 0 Å². The summed E-state index contributed by atoms with van der Waals surface area (Å²) in [5, 5.41) is 6.90. The van der Waals surface area contributed by atoms with E-state index in [0.717, 1.165) is 16.9 Å². The second-order valence-electron chi connectivity index (χ2n) is 5.22. The van der Waals surface area contributed by atoms with E-state index in [1.807, 2.05) is 54.6 Å². The van der Waals surface area contributed by atoms with Gasteiger partial charge in [0.2, 0.25) is 5.91 Å². The smallest absolute Gasteiger partial charge is 0.226 e. The van der Waals surface area contributed by atoms with Crippen LogP contribution >= 0.6 is 0 Å². The van der Waals surface area contributed by atoms with Crippen molar-refractivity contribution in [1.82, 2.24) is 14.8 Å². The molecular weight excluding hydrogens is 304 g/mol. The summed E-state index contributed by atoms with van der Waals surface area (Å²) in [5.41, 5.74) is 2.73. The fourth-order valence-corrected chi connectivity index (χ4v) is 2.19. The number of nitrogens with zero attached hydrogens (tertiary/aromatic N) is 3. The van der Waals surface area contributed by atoms with Crippen molar-refractivity contribution in [2.24, 2.45) is 0 Å². The van der Waals surface area contributed by atoms with Gasteiger partial charge in [-0.2, -0.15) is 5.10 Å². The van der Waals surface area contributed by atoms with Gasteiger partial charge in [0, 0.05) is 5.69 Å². The third-order valence-electron chi connectivity index (χ3n) is 3.42. The van der Waals surface area contributed by atoms with E-state index in [1.165, 1.54) is 6.33 Å². The molecule has 0 radical (unpaired) electrons. The van der Waals surface area contributed by atoms with E-state index in [2.05, 4.69) is 15.4 Å². The number of hydrogen-bond acceptors (Lipinski definition) is 4. The number of amides is 1. The fourth-order valence-electron chi connectivity index (χ4n) is 2.19. The van der Waals surface area contributed by atoms with Gasteiger partial charge in [0.15, 0.2) is 0 Å². The standard InChI is InChI=1S/C18H18N4O2/c23-18(10-11-24-12-15-4-2-1-3-5-15)21-16-6-8-17(9-7-16)22-14-19-13-20-22/h1-9,13-14H,10-12H2,(H,21,23). The van der Waals surface area contributed by atoms with Crippen LogP contribution in [0.3, 0.4) is 0 Å². The predicted octanol–water partition coefficient (Wildman–Crippen LogP) is 2.81. The molecule has 0 fully saturated rings. The summed E-state index contributed by atoms with van der Waals surface area (Å²) in [6, 6.07) is 17.3. The van der Waals surface area contributed by atoms with Crippen molar-refractivity contribution in [3.63, 3.8) is 0 Å². The van der Waals surface area contributed by atoms with Crippen molar-refractivity contribution < 1.29 is 9.53 Å². The van der Waals surface area contributed by atoms with Crippen LogP contribution in [0, 0.1) is 0 Å². The van der Waals surface area contributed by atoms with Gasteiger partial charge in [0.25, 0.3) is 0 Å². The average Bonchev–Trinajstić information content (AvgIpc) is 3.15. The van der Waals surface area contributed by atoms with Crippen LogP contribution in [0.4, 0.5) is 5.69 Å². The number of anilines is 1. The van der Waals surface area contributed by atoms with Gasteiger partial charge in [-0.15, -0.1) is 0 Å². The van der Waals surface area contributed by atoms with Crippen molar-refractivity contribution in [3.05, 3.63) is 72.8 Å². The van der Waals surface area contributed by atoms with E-state index in [0.29, 0.717) is 19.6 Å². The maximum absolute atomic E-state index is 11.9. The summed E-state index contributed by atoms with van der Waals surface area (Å²) < 4.78 is 7.17. The normalized spacial score (nSPS) is 10.5. The quantitative estimate of drug-likeness (QED) is 0.679. The molecule has 0 aliphatic carbocycles. The first-order valence-corrected chi connectivity index (χ1v) is 7.68. The molecule has 0 spiro atoms. The van der Waals surface area contributed by atoms with E-state index in [9.17, 15) is 4.79 Å². The molecule has 1 aromatic heterocycles. The summed E-state index contributed by atoms with van der Waals surface area (Å²) in [4.78, 5) is 15.8.